The number of fused-ring (bicyclic) bond motifs is 2. The van der Waals surface area contributed by atoms with E-state index in [1.807, 2.05) is 6.07 Å². The fraction of sp³-hybridized carbons (Fsp3) is 0.235. The van der Waals surface area contributed by atoms with Gasteiger partial charge in [-0.15, -0.1) is 0 Å². The van der Waals surface area contributed by atoms with E-state index in [2.05, 4.69) is 4.98 Å². The SMILES string of the molecule is COC(=O)c1ccc2c(c1)C(=O)c1ccc(OC)nc1CC2. The highest BCUT2D eigenvalue weighted by molar-refractivity contribution is 6.12. The molecule has 0 saturated heterocycles. The molecule has 0 atom stereocenters. The fourth-order valence-corrected chi connectivity index (χ4v) is 2.64. The van der Waals surface area contributed by atoms with E-state index in [1.54, 1.807) is 31.4 Å². The Hall–Kier alpha value is -2.69. The Morgan fingerprint density at radius 3 is 2.64 bits per heavy atom. The molecule has 0 bridgehead atoms. The van der Waals surface area contributed by atoms with E-state index in [9.17, 15) is 9.59 Å². The average Bonchev–Trinajstić information content (AvgIpc) is 2.70. The van der Waals surface area contributed by atoms with Crippen LogP contribution >= 0.6 is 0 Å². The van der Waals surface area contributed by atoms with Crippen molar-refractivity contribution < 1.29 is 19.1 Å². The lowest BCUT2D eigenvalue weighted by Gasteiger charge is -2.07. The Balaban J connectivity index is 2.09. The van der Waals surface area contributed by atoms with Crippen LogP contribution in [0.25, 0.3) is 0 Å². The van der Waals surface area contributed by atoms with Gasteiger partial charge < -0.3 is 9.47 Å². The number of rotatable bonds is 2. The standard InChI is InChI=1S/C17H15NO4/c1-21-15-8-6-12-14(18-15)7-5-10-3-4-11(17(20)22-2)9-13(10)16(12)19/h3-4,6,8-9H,5,7H2,1-2H3. The Morgan fingerprint density at radius 2 is 1.91 bits per heavy atom. The minimum absolute atomic E-state index is 0.122. The quantitative estimate of drug-likeness (QED) is 0.795. The molecule has 0 unspecified atom stereocenters. The maximum absolute atomic E-state index is 12.8. The zero-order chi connectivity index (χ0) is 15.7. The van der Waals surface area contributed by atoms with Gasteiger partial charge >= 0.3 is 5.97 Å². The Labute approximate surface area is 127 Å². The molecule has 0 N–H and O–H groups in total. The number of nitrogens with zero attached hydrogens (tertiary/aromatic N) is 1. The van der Waals surface area contributed by atoms with Crippen molar-refractivity contribution in [1.29, 1.82) is 0 Å². The second-order valence-corrected chi connectivity index (χ2v) is 5.04. The molecular formula is C17H15NO4. The van der Waals surface area contributed by atoms with Crippen molar-refractivity contribution in [3.63, 3.8) is 0 Å². The van der Waals surface area contributed by atoms with Crippen LogP contribution in [0.3, 0.4) is 0 Å². The topological polar surface area (TPSA) is 65.5 Å². The minimum Gasteiger partial charge on any atom is -0.481 e. The molecule has 5 heteroatoms. The Kier molecular flexibility index (Phi) is 3.63. The third-order valence-corrected chi connectivity index (χ3v) is 3.81. The molecule has 0 fully saturated rings. The number of hydrogen-bond acceptors (Lipinski definition) is 5. The summed E-state index contributed by atoms with van der Waals surface area (Å²) in [5.74, 6) is -0.0795. The zero-order valence-electron chi connectivity index (χ0n) is 12.4. The van der Waals surface area contributed by atoms with Crippen molar-refractivity contribution >= 4 is 11.8 Å². The summed E-state index contributed by atoms with van der Waals surface area (Å²) in [4.78, 5) is 28.8. The number of pyridine rings is 1. The molecule has 112 valence electrons. The summed E-state index contributed by atoms with van der Waals surface area (Å²) in [7, 11) is 2.87. The first-order valence-corrected chi connectivity index (χ1v) is 6.94. The third-order valence-electron chi connectivity index (χ3n) is 3.81. The van der Waals surface area contributed by atoms with Crippen molar-refractivity contribution in [3.8, 4) is 5.88 Å². The first-order chi connectivity index (χ1) is 10.6. The molecule has 5 nitrogen and oxygen atoms in total. The molecule has 0 saturated carbocycles. The van der Waals surface area contributed by atoms with Gasteiger partial charge in [0.15, 0.2) is 5.78 Å². The molecule has 0 radical (unpaired) electrons. The molecule has 3 rings (SSSR count). The molecule has 1 aliphatic rings. The maximum Gasteiger partial charge on any atom is 0.337 e. The number of methoxy groups -OCH3 is 2. The van der Waals surface area contributed by atoms with E-state index in [1.165, 1.54) is 7.11 Å². The van der Waals surface area contributed by atoms with Crippen LogP contribution < -0.4 is 4.74 Å². The van der Waals surface area contributed by atoms with E-state index in [4.69, 9.17) is 9.47 Å². The Morgan fingerprint density at radius 1 is 1.09 bits per heavy atom. The fourth-order valence-electron chi connectivity index (χ4n) is 2.64. The predicted molar refractivity (Wildman–Crippen MR) is 79.4 cm³/mol. The lowest BCUT2D eigenvalue weighted by Crippen LogP contribution is -2.08. The van der Waals surface area contributed by atoms with Crippen molar-refractivity contribution in [2.75, 3.05) is 14.2 Å². The van der Waals surface area contributed by atoms with Gasteiger partial charge in [-0.2, -0.15) is 0 Å². The van der Waals surface area contributed by atoms with Gasteiger partial charge in [0.05, 0.1) is 25.5 Å². The number of ketones is 1. The molecule has 1 aromatic heterocycles. The van der Waals surface area contributed by atoms with Gasteiger partial charge in [0.2, 0.25) is 5.88 Å². The van der Waals surface area contributed by atoms with E-state index in [-0.39, 0.29) is 5.78 Å². The van der Waals surface area contributed by atoms with Gasteiger partial charge in [-0.3, -0.25) is 4.79 Å². The van der Waals surface area contributed by atoms with Gasteiger partial charge in [-0.25, -0.2) is 9.78 Å². The number of carbonyl (C=O) groups excluding carboxylic acids is 2. The smallest absolute Gasteiger partial charge is 0.337 e. The van der Waals surface area contributed by atoms with Crippen LogP contribution in [-0.4, -0.2) is 31.0 Å². The second kappa shape index (κ2) is 5.60. The van der Waals surface area contributed by atoms with Gasteiger partial charge in [-0.1, -0.05) is 6.07 Å². The van der Waals surface area contributed by atoms with Crippen LogP contribution in [-0.2, 0) is 17.6 Å². The van der Waals surface area contributed by atoms with Crippen molar-refractivity contribution in [1.82, 2.24) is 4.98 Å². The summed E-state index contributed by atoms with van der Waals surface area (Å²) in [6.45, 7) is 0. The molecule has 22 heavy (non-hydrogen) atoms. The summed E-state index contributed by atoms with van der Waals surface area (Å²) in [6, 6.07) is 8.49. The largest absolute Gasteiger partial charge is 0.481 e. The molecule has 2 aromatic rings. The highest BCUT2D eigenvalue weighted by Gasteiger charge is 2.23. The van der Waals surface area contributed by atoms with E-state index >= 15 is 0 Å². The predicted octanol–water partition coefficient (Wildman–Crippen LogP) is 2.21. The normalized spacial score (nSPS) is 12.9. The van der Waals surface area contributed by atoms with Crippen LogP contribution in [0.15, 0.2) is 30.3 Å². The van der Waals surface area contributed by atoms with Crippen LogP contribution in [0.1, 0.15) is 37.5 Å². The molecule has 1 aliphatic carbocycles. The minimum atomic E-state index is -0.451. The first kappa shape index (κ1) is 14.3. The highest BCUT2D eigenvalue weighted by Crippen LogP contribution is 2.26. The summed E-state index contributed by atoms with van der Waals surface area (Å²) >= 11 is 0. The maximum atomic E-state index is 12.8. The van der Waals surface area contributed by atoms with Crippen LogP contribution in [0.5, 0.6) is 5.88 Å². The van der Waals surface area contributed by atoms with Crippen LogP contribution in [0.4, 0.5) is 0 Å². The highest BCUT2D eigenvalue weighted by atomic mass is 16.5. The van der Waals surface area contributed by atoms with Crippen molar-refractivity contribution in [2.45, 2.75) is 12.8 Å². The van der Waals surface area contributed by atoms with E-state index in [0.29, 0.717) is 35.4 Å². The van der Waals surface area contributed by atoms with E-state index in [0.717, 1.165) is 11.3 Å². The lowest BCUT2D eigenvalue weighted by atomic mass is 9.97. The van der Waals surface area contributed by atoms with Crippen molar-refractivity contribution in [3.05, 3.63) is 58.3 Å². The number of carbonyl (C=O) groups is 2. The third kappa shape index (κ3) is 2.35. The number of aromatic nitrogens is 1. The average molecular weight is 297 g/mol. The summed E-state index contributed by atoms with van der Waals surface area (Å²) in [6.07, 6.45) is 1.35. The molecule has 0 amide bonds. The van der Waals surface area contributed by atoms with Gasteiger partial charge in [0, 0.05) is 17.2 Å². The summed E-state index contributed by atoms with van der Waals surface area (Å²) < 4.78 is 9.83. The van der Waals surface area contributed by atoms with Gasteiger partial charge in [-0.05, 0) is 36.6 Å². The van der Waals surface area contributed by atoms with E-state index < -0.39 is 5.97 Å². The molecule has 1 heterocycles. The second-order valence-electron chi connectivity index (χ2n) is 5.04. The lowest BCUT2D eigenvalue weighted by molar-refractivity contribution is 0.0600. The van der Waals surface area contributed by atoms with Crippen molar-refractivity contribution in [2.24, 2.45) is 0 Å². The monoisotopic (exact) mass is 297 g/mol. The molecular weight excluding hydrogens is 282 g/mol. The molecule has 1 aromatic carbocycles. The number of aryl methyl sites for hydroxylation is 2. The molecule has 0 spiro atoms. The number of ether oxygens (including phenoxy) is 2. The summed E-state index contributed by atoms with van der Waals surface area (Å²) in [5.41, 5.74) is 3.10. The number of benzene rings is 1. The molecule has 0 aliphatic heterocycles. The van der Waals surface area contributed by atoms with Crippen LogP contribution in [0.2, 0.25) is 0 Å². The number of hydrogen-bond donors (Lipinski definition) is 0. The Bertz CT molecular complexity index is 767. The zero-order valence-corrected chi connectivity index (χ0v) is 12.4. The van der Waals surface area contributed by atoms with Crippen LogP contribution in [0, 0.1) is 0 Å². The van der Waals surface area contributed by atoms with Gasteiger partial charge in [0.25, 0.3) is 0 Å². The first-order valence-electron chi connectivity index (χ1n) is 6.94. The number of esters is 1. The summed E-state index contributed by atoms with van der Waals surface area (Å²) in [5, 5.41) is 0. The van der Waals surface area contributed by atoms with Gasteiger partial charge in [0.1, 0.15) is 0 Å².